The van der Waals surface area contributed by atoms with Crippen LogP contribution >= 0.6 is 0 Å². The summed E-state index contributed by atoms with van der Waals surface area (Å²) in [4.78, 5) is 1.47. The molecule has 1 rings (SSSR count). The van der Waals surface area contributed by atoms with Crippen LogP contribution in [0.2, 0.25) is 0 Å². The minimum Gasteiger partial charge on any atom is -0.378 e. The molecule has 1 aromatic carbocycles. The highest BCUT2D eigenvalue weighted by atomic mass is 32.2. The Morgan fingerprint density at radius 1 is 1.35 bits per heavy atom. The lowest BCUT2D eigenvalue weighted by Crippen LogP contribution is -2.13. The molecule has 2 N–H and O–H groups in total. The van der Waals surface area contributed by atoms with Gasteiger partial charge in [-0.1, -0.05) is 12.1 Å². The van der Waals surface area contributed by atoms with Gasteiger partial charge < -0.3 is 4.90 Å². The molecule has 5 nitrogen and oxygen atoms in total. The molecule has 0 amide bonds. The SMILES string of the molecule is CN(C)c1ccc(C=C(C#N)S(N)(=O)=O)cc1. The average molecular weight is 251 g/mol. The van der Waals surface area contributed by atoms with Gasteiger partial charge in [-0.25, -0.2) is 13.6 Å². The van der Waals surface area contributed by atoms with E-state index in [0.717, 1.165) is 5.69 Å². The first-order chi connectivity index (χ1) is 7.84. The van der Waals surface area contributed by atoms with Gasteiger partial charge in [-0.3, -0.25) is 0 Å². The van der Waals surface area contributed by atoms with E-state index in [2.05, 4.69) is 0 Å². The van der Waals surface area contributed by atoms with Crippen LogP contribution in [0.25, 0.3) is 6.08 Å². The van der Waals surface area contributed by atoms with Gasteiger partial charge >= 0.3 is 0 Å². The number of hydrogen-bond acceptors (Lipinski definition) is 4. The topological polar surface area (TPSA) is 87.2 Å². The molecule has 90 valence electrons. The molecular weight excluding hydrogens is 238 g/mol. The number of nitriles is 1. The maximum atomic E-state index is 11.0. The molecule has 0 unspecified atom stereocenters. The lowest BCUT2D eigenvalue weighted by Gasteiger charge is -2.11. The van der Waals surface area contributed by atoms with Crippen LogP contribution in [0.1, 0.15) is 5.56 Å². The summed E-state index contributed by atoms with van der Waals surface area (Å²) in [5.74, 6) is 0. The van der Waals surface area contributed by atoms with Gasteiger partial charge in [0.25, 0.3) is 0 Å². The number of sulfonamides is 1. The predicted octanol–water partition coefficient (Wildman–Crippen LogP) is 0.906. The van der Waals surface area contributed by atoms with Crippen molar-refractivity contribution >= 4 is 21.8 Å². The zero-order chi connectivity index (χ0) is 13.1. The predicted molar refractivity (Wildman–Crippen MR) is 67.5 cm³/mol. The third-order valence-corrected chi connectivity index (χ3v) is 2.95. The third kappa shape index (κ3) is 3.59. The van der Waals surface area contributed by atoms with E-state index in [1.54, 1.807) is 18.2 Å². The largest absolute Gasteiger partial charge is 0.378 e. The van der Waals surface area contributed by atoms with Crippen LogP contribution in [-0.2, 0) is 10.0 Å². The highest BCUT2D eigenvalue weighted by Crippen LogP contribution is 2.15. The normalized spacial score (nSPS) is 12.0. The van der Waals surface area contributed by atoms with Gasteiger partial charge in [0.1, 0.15) is 6.07 Å². The Balaban J connectivity index is 3.12. The molecule has 0 aliphatic heterocycles. The monoisotopic (exact) mass is 251 g/mol. The zero-order valence-electron chi connectivity index (χ0n) is 9.58. The molecule has 0 fully saturated rings. The highest BCUT2D eigenvalue weighted by Gasteiger charge is 2.10. The zero-order valence-corrected chi connectivity index (χ0v) is 10.4. The molecule has 0 heterocycles. The van der Waals surface area contributed by atoms with Gasteiger partial charge in [0.05, 0.1) is 0 Å². The van der Waals surface area contributed by atoms with Crippen molar-refractivity contribution in [2.45, 2.75) is 0 Å². The van der Waals surface area contributed by atoms with Gasteiger partial charge in [0.15, 0.2) is 4.91 Å². The van der Waals surface area contributed by atoms with E-state index in [1.807, 2.05) is 31.1 Å². The minimum atomic E-state index is -3.95. The van der Waals surface area contributed by atoms with Gasteiger partial charge in [-0.15, -0.1) is 0 Å². The number of primary sulfonamides is 1. The van der Waals surface area contributed by atoms with Crippen LogP contribution in [0.5, 0.6) is 0 Å². The maximum Gasteiger partial charge on any atom is 0.248 e. The van der Waals surface area contributed by atoms with E-state index in [0.29, 0.717) is 5.56 Å². The second-order valence-electron chi connectivity index (χ2n) is 3.65. The first-order valence-electron chi connectivity index (χ1n) is 4.76. The molecule has 0 saturated carbocycles. The van der Waals surface area contributed by atoms with Gasteiger partial charge in [0, 0.05) is 19.8 Å². The van der Waals surface area contributed by atoms with Crippen LogP contribution in [-0.4, -0.2) is 22.5 Å². The average Bonchev–Trinajstić information content (AvgIpc) is 2.24. The van der Waals surface area contributed by atoms with Gasteiger partial charge in [-0.05, 0) is 23.8 Å². The molecule has 0 aliphatic rings. The molecule has 0 aliphatic carbocycles. The standard InChI is InChI=1S/C11H13N3O2S/c1-14(2)10-5-3-9(4-6-10)7-11(8-12)17(13,15)16/h3-7H,1-2H3,(H2,13,15,16). The van der Waals surface area contributed by atoms with Crippen molar-refractivity contribution in [3.63, 3.8) is 0 Å². The number of allylic oxidation sites excluding steroid dienone is 1. The molecule has 0 aromatic heterocycles. The summed E-state index contributed by atoms with van der Waals surface area (Å²) in [6.07, 6.45) is 1.24. The van der Waals surface area contributed by atoms with Crippen LogP contribution in [0.3, 0.4) is 0 Å². The summed E-state index contributed by atoms with van der Waals surface area (Å²) in [7, 11) is -0.153. The Morgan fingerprint density at radius 3 is 2.24 bits per heavy atom. The highest BCUT2D eigenvalue weighted by molar-refractivity contribution is 7.93. The molecule has 0 spiro atoms. The Kier molecular flexibility index (Phi) is 3.89. The van der Waals surface area contributed by atoms with Crippen molar-refractivity contribution in [3.05, 3.63) is 34.7 Å². The fraction of sp³-hybridized carbons (Fsp3) is 0.182. The quantitative estimate of drug-likeness (QED) is 0.809. The van der Waals surface area contributed by atoms with Crippen molar-refractivity contribution in [1.29, 1.82) is 5.26 Å². The summed E-state index contributed by atoms with van der Waals surface area (Å²) in [5, 5.41) is 13.6. The Labute approximate surface area is 101 Å². The first kappa shape index (κ1) is 13.2. The van der Waals surface area contributed by atoms with E-state index in [1.165, 1.54) is 6.08 Å². The van der Waals surface area contributed by atoms with E-state index < -0.39 is 14.9 Å². The van der Waals surface area contributed by atoms with Crippen LogP contribution < -0.4 is 10.0 Å². The Hall–Kier alpha value is -1.84. The number of benzene rings is 1. The number of rotatable bonds is 3. The summed E-state index contributed by atoms with van der Waals surface area (Å²) in [5.41, 5.74) is 1.59. The third-order valence-electron chi connectivity index (χ3n) is 2.12. The molecule has 0 atom stereocenters. The molecule has 17 heavy (non-hydrogen) atoms. The minimum absolute atomic E-state index is 0.449. The summed E-state index contributed by atoms with van der Waals surface area (Å²) < 4.78 is 22.0. The van der Waals surface area contributed by atoms with Crippen molar-refractivity contribution in [2.24, 2.45) is 5.14 Å². The first-order valence-corrected chi connectivity index (χ1v) is 6.31. The molecule has 0 radical (unpaired) electrons. The molecule has 1 aromatic rings. The number of nitrogens with two attached hydrogens (primary N) is 1. The number of hydrogen-bond donors (Lipinski definition) is 1. The van der Waals surface area contributed by atoms with Crippen molar-refractivity contribution in [2.75, 3.05) is 19.0 Å². The van der Waals surface area contributed by atoms with E-state index in [9.17, 15) is 8.42 Å². The molecule has 6 heteroatoms. The van der Waals surface area contributed by atoms with Crippen molar-refractivity contribution in [3.8, 4) is 6.07 Å². The molecule has 0 saturated heterocycles. The lowest BCUT2D eigenvalue weighted by molar-refractivity contribution is 0.605. The second kappa shape index (κ2) is 4.99. The Bertz CT molecular complexity index is 566. The lowest BCUT2D eigenvalue weighted by atomic mass is 10.2. The fourth-order valence-corrected chi connectivity index (χ4v) is 1.63. The Morgan fingerprint density at radius 2 is 1.88 bits per heavy atom. The molecular formula is C11H13N3O2S. The number of anilines is 1. The van der Waals surface area contributed by atoms with Crippen LogP contribution in [0.4, 0.5) is 5.69 Å². The summed E-state index contributed by atoms with van der Waals surface area (Å²) in [6, 6.07) is 8.65. The fourth-order valence-electron chi connectivity index (χ4n) is 1.20. The van der Waals surface area contributed by atoms with Gasteiger partial charge in [-0.2, -0.15) is 5.26 Å². The van der Waals surface area contributed by atoms with Crippen LogP contribution in [0, 0.1) is 11.3 Å². The van der Waals surface area contributed by atoms with Crippen LogP contribution in [0.15, 0.2) is 29.2 Å². The smallest absolute Gasteiger partial charge is 0.248 e. The maximum absolute atomic E-state index is 11.0. The van der Waals surface area contributed by atoms with E-state index in [4.69, 9.17) is 10.4 Å². The van der Waals surface area contributed by atoms with Crippen molar-refractivity contribution in [1.82, 2.24) is 0 Å². The van der Waals surface area contributed by atoms with E-state index in [-0.39, 0.29) is 0 Å². The van der Waals surface area contributed by atoms with Gasteiger partial charge in [0.2, 0.25) is 10.0 Å². The summed E-state index contributed by atoms with van der Waals surface area (Å²) in [6.45, 7) is 0. The number of nitrogens with zero attached hydrogens (tertiary/aromatic N) is 2. The van der Waals surface area contributed by atoms with Crippen molar-refractivity contribution < 1.29 is 8.42 Å². The van der Waals surface area contributed by atoms with E-state index >= 15 is 0 Å². The summed E-state index contributed by atoms with van der Waals surface area (Å²) >= 11 is 0. The molecule has 0 bridgehead atoms. The second-order valence-corrected chi connectivity index (χ2v) is 5.18.